The van der Waals surface area contributed by atoms with E-state index >= 15 is 0 Å². The van der Waals surface area contributed by atoms with Crippen molar-refractivity contribution in [1.82, 2.24) is 10.3 Å². The van der Waals surface area contributed by atoms with Gasteiger partial charge in [-0.05, 0) is 31.0 Å². The van der Waals surface area contributed by atoms with E-state index < -0.39 is 0 Å². The molecule has 0 aliphatic carbocycles. The Morgan fingerprint density at radius 3 is 3.00 bits per heavy atom. The topological polar surface area (TPSA) is 27.8 Å². The third-order valence-electron chi connectivity index (χ3n) is 3.05. The van der Waals surface area contributed by atoms with Gasteiger partial charge in [0.25, 0.3) is 0 Å². The lowest BCUT2D eigenvalue weighted by Gasteiger charge is -2.13. The normalized spacial score (nSPS) is 13.1. The van der Waals surface area contributed by atoms with E-state index in [9.17, 15) is 0 Å². The van der Waals surface area contributed by atoms with Crippen molar-refractivity contribution in [2.75, 3.05) is 0 Å². The average molecular weight is 216 g/mol. The lowest BCUT2D eigenvalue weighted by Crippen LogP contribution is -2.25. The third kappa shape index (κ3) is 2.45. The molecule has 0 radical (unpaired) electrons. The zero-order valence-corrected chi connectivity index (χ0v) is 10.1. The molecule has 0 saturated heterocycles. The van der Waals surface area contributed by atoms with Crippen molar-refractivity contribution in [3.8, 4) is 0 Å². The van der Waals surface area contributed by atoms with E-state index in [1.807, 2.05) is 6.20 Å². The molecule has 0 aliphatic heterocycles. The molecule has 2 heteroatoms. The molecular weight excluding hydrogens is 196 g/mol. The molecule has 0 spiro atoms. The fourth-order valence-corrected chi connectivity index (χ4v) is 2.12. The summed E-state index contributed by atoms with van der Waals surface area (Å²) in [5.74, 6) is 0. The summed E-state index contributed by atoms with van der Waals surface area (Å²) in [5, 5.41) is 4.90. The van der Waals surface area contributed by atoms with Crippen LogP contribution < -0.4 is 5.32 Å². The highest BCUT2D eigenvalue weighted by Crippen LogP contribution is 2.17. The molecule has 1 aromatic carbocycles. The van der Waals surface area contributed by atoms with Gasteiger partial charge in [-0.1, -0.05) is 25.5 Å². The van der Waals surface area contributed by atoms with E-state index in [0.29, 0.717) is 6.04 Å². The smallest absolute Gasteiger partial charge is 0.0457 e. The number of rotatable bonds is 5. The number of H-pyrrole nitrogens is 1. The van der Waals surface area contributed by atoms with Gasteiger partial charge in [0.1, 0.15) is 0 Å². The number of hydrogen-bond donors (Lipinski definition) is 2. The predicted molar refractivity (Wildman–Crippen MR) is 69.5 cm³/mol. The van der Waals surface area contributed by atoms with Gasteiger partial charge in [0.05, 0.1) is 0 Å². The highest BCUT2D eigenvalue weighted by Gasteiger charge is 2.03. The number of hydrogen-bond acceptors (Lipinski definition) is 1. The minimum absolute atomic E-state index is 0.596. The Morgan fingerprint density at radius 2 is 2.19 bits per heavy atom. The van der Waals surface area contributed by atoms with Crippen LogP contribution in [0.4, 0.5) is 0 Å². The van der Waals surface area contributed by atoms with Crippen LogP contribution in [-0.2, 0) is 6.54 Å². The Hall–Kier alpha value is -1.28. The van der Waals surface area contributed by atoms with Crippen molar-refractivity contribution in [3.05, 3.63) is 36.0 Å². The second kappa shape index (κ2) is 5.17. The standard InChI is InChI=1S/C14H20N2/c1-3-5-11(2)16-10-12-6-4-7-14-13(12)8-9-15-14/h4,6-9,11,15-16H,3,5,10H2,1-2H3. The minimum Gasteiger partial charge on any atom is -0.361 e. The number of aromatic nitrogens is 1. The predicted octanol–water partition coefficient (Wildman–Crippen LogP) is 3.45. The van der Waals surface area contributed by atoms with Gasteiger partial charge in [0.15, 0.2) is 0 Å². The SMILES string of the molecule is CCCC(C)NCc1cccc2[nH]ccc12. The summed E-state index contributed by atoms with van der Waals surface area (Å²) in [6, 6.07) is 9.17. The van der Waals surface area contributed by atoms with Crippen molar-refractivity contribution >= 4 is 10.9 Å². The fourth-order valence-electron chi connectivity index (χ4n) is 2.12. The largest absolute Gasteiger partial charge is 0.361 e. The van der Waals surface area contributed by atoms with Gasteiger partial charge in [0.2, 0.25) is 0 Å². The van der Waals surface area contributed by atoms with Crippen LogP contribution in [0.1, 0.15) is 32.3 Å². The Morgan fingerprint density at radius 1 is 1.31 bits per heavy atom. The van der Waals surface area contributed by atoms with Crippen molar-refractivity contribution in [3.63, 3.8) is 0 Å². The molecule has 2 rings (SSSR count). The zero-order chi connectivity index (χ0) is 11.4. The van der Waals surface area contributed by atoms with Crippen molar-refractivity contribution in [2.24, 2.45) is 0 Å². The first kappa shape index (κ1) is 11.2. The van der Waals surface area contributed by atoms with E-state index in [2.05, 4.69) is 48.4 Å². The van der Waals surface area contributed by atoms with Gasteiger partial charge in [-0.2, -0.15) is 0 Å². The zero-order valence-electron chi connectivity index (χ0n) is 10.1. The van der Waals surface area contributed by atoms with Gasteiger partial charge in [-0.3, -0.25) is 0 Å². The summed E-state index contributed by atoms with van der Waals surface area (Å²) in [6.07, 6.45) is 4.48. The van der Waals surface area contributed by atoms with Crippen LogP contribution in [0.15, 0.2) is 30.5 Å². The molecule has 0 amide bonds. The summed E-state index contributed by atoms with van der Waals surface area (Å²) in [6.45, 7) is 5.43. The van der Waals surface area contributed by atoms with E-state index in [4.69, 9.17) is 0 Å². The van der Waals surface area contributed by atoms with Gasteiger partial charge in [-0.25, -0.2) is 0 Å². The Bertz CT molecular complexity index is 445. The molecule has 0 aliphatic rings. The Balaban J connectivity index is 2.06. The summed E-state index contributed by atoms with van der Waals surface area (Å²) >= 11 is 0. The molecule has 16 heavy (non-hydrogen) atoms. The van der Waals surface area contributed by atoms with Crippen LogP contribution in [0.5, 0.6) is 0 Å². The van der Waals surface area contributed by atoms with Crippen LogP contribution in [0.25, 0.3) is 10.9 Å². The number of aromatic amines is 1. The molecule has 0 saturated carbocycles. The Kier molecular flexibility index (Phi) is 3.62. The lowest BCUT2D eigenvalue weighted by atomic mass is 10.1. The maximum absolute atomic E-state index is 3.57. The molecule has 2 nitrogen and oxygen atoms in total. The van der Waals surface area contributed by atoms with Crippen LogP contribution in [0, 0.1) is 0 Å². The summed E-state index contributed by atoms with van der Waals surface area (Å²) < 4.78 is 0. The van der Waals surface area contributed by atoms with E-state index in [-0.39, 0.29) is 0 Å². The van der Waals surface area contributed by atoms with E-state index in [1.54, 1.807) is 0 Å². The van der Waals surface area contributed by atoms with Crippen LogP contribution >= 0.6 is 0 Å². The van der Waals surface area contributed by atoms with Gasteiger partial charge in [-0.15, -0.1) is 0 Å². The Labute approximate surface area is 97.1 Å². The molecule has 86 valence electrons. The monoisotopic (exact) mass is 216 g/mol. The minimum atomic E-state index is 0.596. The molecule has 1 aromatic heterocycles. The number of benzene rings is 1. The maximum Gasteiger partial charge on any atom is 0.0457 e. The van der Waals surface area contributed by atoms with Crippen molar-refractivity contribution < 1.29 is 0 Å². The molecule has 0 fully saturated rings. The lowest BCUT2D eigenvalue weighted by molar-refractivity contribution is 0.509. The highest BCUT2D eigenvalue weighted by molar-refractivity contribution is 5.82. The molecule has 1 unspecified atom stereocenters. The van der Waals surface area contributed by atoms with Crippen molar-refractivity contribution in [1.29, 1.82) is 0 Å². The second-order valence-electron chi connectivity index (χ2n) is 4.43. The summed E-state index contributed by atoms with van der Waals surface area (Å²) in [7, 11) is 0. The summed E-state index contributed by atoms with van der Waals surface area (Å²) in [5.41, 5.74) is 2.60. The molecule has 2 aromatic rings. The van der Waals surface area contributed by atoms with Crippen LogP contribution in [0.3, 0.4) is 0 Å². The van der Waals surface area contributed by atoms with E-state index in [1.165, 1.54) is 29.3 Å². The second-order valence-corrected chi connectivity index (χ2v) is 4.43. The maximum atomic E-state index is 3.57. The van der Waals surface area contributed by atoms with E-state index in [0.717, 1.165) is 6.54 Å². The van der Waals surface area contributed by atoms with Gasteiger partial charge in [0, 0.05) is 29.7 Å². The molecular formula is C14H20N2. The number of fused-ring (bicyclic) bond motifs is 1. The first-order valence-corrected chi connectivity index (χ1v) is 6.09. The quantitative estimate of drug-likeness (QED) is 0.787. The van der Waals surface area contributed by atoms with Gasteiger partial charge >= 0.3 is 0 Å². The molecule has 0 bridgehead atoms. The van der Waals surface area contributed by atoms with Crippen LogP contribution in [-0.4, -0.2) is 11.0 Å². The highest BCUT2D eigenvalue weighted by atomic mass is 14.9. The molecule has 1 atom stereocenters. The first-order chi connectivity index (χ1) is 7.81. The first-order valence-electron chi connectivity index (χ1n) is 6.09. The number of nitrogens with one attached hydrogen (secondary N) is 2. The van der Waals surface area contributed by atoms with Crippen molar-refractivity contribution in [2.45, 2.75) is 39.3 Å². The third-order valence-corrected chi connectivity index (χ3v) is 3.05. The molecule has 1 heterocycles. The fraction of sp³-hybridized carbons (Fsp3) is 0.429. The van der Waals surface area contributed by atoms with Crippen LogP contribution in [0.2, 0.25) is 0 Å². The molecule has 2 N–H and O–H groups in total. The average Bonchev–Trinajstić information content (AvgIpc) is 2.75. The summed E-state index contributed by atoms with van der Waals surface area (Å²) in [4.78, 5) is 3.24. The van der Waals surface area contributed by atoms with Gasteiger partial charge < -0.3 is 10.3 Å².